The zero-order chi connectivity index (χ0) is 75.7. The van der Waals surface area contributed by atoms with Crippen LogP contribution in [-0.2, 0) is 57.5 Å². The topological polar surface area (TPSA) is 270 Å². The third-order valence-electron chi connectivity index (χ3n) is 24.9. The normalized spacial score (nSPS) is 32.6. The molecule has 3 unspecified atom stereocenters. The van der Waals surface area contributed by atoms with E-state index in [4.69, 9.17) is 11.6 Å². The number of nitrogens with zero attached hydrogens (tertiary/aromatic N) is 9. The number of alkyl halides is 4. The molecule has 580 valence electrons. The minimum Gasteiger partial charge on any atom is -0.343 e. The number of nitrogens with one attached hydrogen (secondary N) is 3. The fraction of sp³-hybridized carbons (Fsp3) is 0.840. The van der Waals surface area contributed by atoms with Crippen LogP contribution in [-0.4, -0.2) is 261 Å². The van der Waals surface area contributed by atoms with E-state index in [0.717, 1.165) is 44.9 Å². The zero-order valence-electron chi connectivity index (χ0n) is 63.4. The highest BCUT2D eigenvalue weighted by Gasteiger charge is 2.53. The van der Waals surface area contributed by atoms with Crippen LogP contribution in [0.2, 0.25) is 0 Å². The van der Waals surface area contributed by atoms with Gasteiger partial charge in [0.05, 0.1) is 18.9 Å². The predicted octanol–water partition coefficient (Wildman–Crippen LogP) is 6.87. The van der Waals surface area contributed by atoms with Crippen molar-refractivity contribution in [1.29, 1.82) is 0 Å². The molecule has 103 heavy (non-hydrogen) atoms. The first kappa shape index (κ1) is 82.4. The summed E-state index contributed by atoms with van der Waals surface area (Å²) in [5, 5.41) is 7.71. The highest BCUT2D eigenvalue weighted by molar-refractivity contribution is 6.21. The number of hydrogen-bond donors (Lipinski definition) is 3. The van der Waals surface area contributed by atoms with Crippen molar-refractivity contribution in [3.8, 4) is 0 Å². The van der Waals surface area contributed by atoms with E-state index in [1.807, 2.05) is 20.8 Å². The first-order valence-corrected chi connectivity index (χ1v) is 39.1. The fourth-order valence-electron chi connectivity index (χ4n) is 17.7. The molecule has 28 heteroatoms. The molecule has 12 amide bonds. The van der Waals surface area contributed by atoms with Crippen LogP contribution in [0.15, 0.2) is 0 Å². The van der Waals surface area contributed by atoms with Gasteiger partial charge in [-0.1, -0.05) is 92.4 Å². The van der Waals surface area contributed by atoms with Gasteiger partial charge in [0.1, 0.15) is 59.9 Å². The molecule has 8 fully saturated rings. The van der Waals surface area contributed by atoms with Gasteiger partial charge in [0.2, 0.25) is 70.9 Å². The summed E-state index contributed by atoms with van der Waals surface area (Å²) in [7, 11) is 8.84. The summed E-state index contributed by atoms with van der Waals surface area (Å²) in [6, 6.07) is -10.7. The number of likely N-dealkylation sites (tertiary alicyclic amines) is 1. The van der Waals surface area contributed by atoms with Crippen molar-refractivity contribution >= 4 is 82.5 Å². The lowest BCUT2D eigenvalue weighted by molar-refractivity contribution is -0.182. The summed E-state index contributed by atoms with van der Waals surface area (Å²) >= 11 is 6.43. The maximum atomic E-state index is 15.8. The van der Waals surface area contributed by atoms with Gasteiger partial charge >= 0.3 is 6.18 Å². The number of likely N-dealkylation sites (N-methyl/N-ethyl adjacent to an activating group) is 6. The Labute approximate surface area is 613 Å². The molecule has 8 rings (SSSR count). The first-order valence-electron chi connectivity index (χ1n) is 38.7. The van der Waals surface area contributed by atoms with E-state index in [1.54, 1.807) is 11.8 Å². The predicted molar refractivity (Wildman–Crippen MR) is 382 cm³/mol. The van der Waals surface area contributed by atoms with E-state index >= 15 is 38.4 Å². The van der Waals surface area contributed by atoms with E-state index in [-0.39, 0.29) is 107 Å². The van der Waals surface area contributed by atoms with Gasteiger partial charge in [0, 0.05) is 73.8 Å². The molecule has 4 heterocycles. The van der Waals surface area contributed by atoms with E-state index in [1.165, 1.54) is 88.4 Å². The van der Waals surface area contributed by atoms with Gasteiger partial charge in [0.25, 0.3) is 0 Å². The molecule has 13 atom stereocenters. The Balaban J connectivity index is 1.17. The van der Waals surface area contributed by atoms with Crippen LogP contribution in [0.5, 0.6) is 0 Å². The molecule has 8 aliphatic rings. The summed E-state index contributed by atoms with van der Waals surface area (Å²) in [6.07, 6.45) is 6.32. The summed E-state index contributed by atoms with van der Waals surface area (Å²) in [5.41, 5.74) is -1.55. The van der Waals surface area contributed by atoms with Crippen molar-refractivity contribution in [3.05, 3.63) is 0 Å². The van der Waals surface area contributed by atoms with Gasteiger partial charge in [0.15, 0.2) is 0 Å². The Bertz CT molecular complexity index is 3050. The Morgan fingerprint density at radius 1 is 0.592 bits per heavy atom. The lowest BCUT2D eigenvalue weighted by Crippen LogP contribution is -2.65. The van der Waals surface area contributed by atoms with E-state index < -0.39 is 167 Å². The Kier molecular flexibility index (Phi) is 28.7. The van der Waals surface area contributed by atoms with Gasteiger partial charge in [-0.3, -0.25) is 57.5 Å². The Morgan fingerprint density at radius 2 is 1.22 bits per heavy atom. The van der Waals surface area contributed by atoms with E-state index in [0.29, 0.717) is 70.4 Å². The molecule has 4 saturated carbocycles. The summed E-state index contributed by atoms with van der Waals surface area (Å²) in [4.78, 5) is 194. The molecule has 1 spiro atoms. The largest absolute Gasteiger partial charge is 0.393 e. The van der Waals surface area contributed by atoms with E-state index in [2.05, 4.69) is 22.9 Å². The standard InChI is InChI=1S/C75H120ClF3N12O12/c1-13-47(5)62-71(101)84(8)48(6)66(96)91-39-33-56(91)69(99)86(10)58(42-50-27-25-46(4)26-28-50)68(98)83(7)44-60(92)80-54(32-30-49-29-31-52(53(76)41-49)75(77,78)79)67(97)90-38-21-24-55(90)65(95)82-74(34-17-18-35-74)73(103)88(12)63(51-22-15-16-23-51)72(102)87(11)59(70(100)89-36-19-14-20-37-89)43-61(93)85(9)57(40-45(2)3)64(94)81-62/h45-59,62-63H,13-44H2,1-12H3,(H,80,92)(H,81,94)(H,82,95)/t46?,47-,48-,49?,50?,52?,53?,54-,55-,56-,57-,58-,59-,62-,63-/m0/s1. The van der Waals surface area contributed by atoms with Crippen molar-refractivity contribution in [2.24, 2.45) is 41.4 Å². The molecule has 0 bridgehead atoms. The number of rotatable bonds is 11. The number of carbonyl (C=O) groups excluding carboxylic acids is 12. The third-order valence-corrected chi connectivity index (χ3v) is 25.4. The summed E-state index contributed by atoms with van der Waals surface area (Å²) in [6.45, 7) is 11.5. The second-order valence-corrected chi connectivity index (χ2v) is 33.0. The third kappa shape index (κ3) is 19.5. The van der Waals surface area contributed by atoms with Gasteiger partial charge < -0.3 is 60.0 Å². The molecule has 24 nitrogen and oxygen atoms in total. The summed E-state index contributed by atoms with van der Waals surface area (Å²) < 4.78 is 42.2. The number of fused-ring (bicyclic) bond motifs is 2. The molecule has 0 aromatic rings. The smallest absolute Gasteiger partial charge is 0.343 e. The number of carbonyl (C=O) groups is 12. The van der Waals surface area contributed by atoms with Gasteiger partial charge in [-0.2, -0.15) is 13.2 Å². The SMILES string of the molecule is CC[C@H](C)[C@@H]1NC(=O)[C@H](CC(C)C)N(C)C(=O)C[C@@H](C(=O)N2CCCCC2)N(C)C(=O)[C@H](C2CCCC2)N(C)C(=O)C2(CCCC2)NC(=O)[C@@H]2CCCN2C(=O)[C@H](CCC2CCC(C(F)(F)F)C(Cl)C2)NC(=O)CN(C)C(=O)[C@H](CC2CCC(C)CC2)N(C)C(=O)[C@@H]2CCN2C(=O)[C@H](C)N(C)C1=O. The van der Waals surface area contributed by atoms with E-state index in [9.17, 15) is 32.3 Å². The van der Waals surface area contributed by atoms with Crippen LogP contribution in [0.25, 0.3) is 0 Å². The quantitative estimate of drug-likeness (QED) is 0.179. The molecule has 3 N–H and O–H groups in total. The minimum atomic E-state index is -4.51. The van der Waals surface area contributed by atoms with Crippen LogP contribution in [0.4, 0.5) is 13.2 Å². The minimum absolute atomic E-state index is 0.00387. The molecular formula is C75H120ClF3N12O12. The Hall–Kier alpha value is -6.28. The zero-order valence-corrected chi connectivity index (χ0v) is 64.1. The second kappa shape index (κ2) is 35.9. The van der Waals surface area contributed by atoms with Crippen LogP contribution < -0.4 is 16.0 Å². The van der Waals surface area contributed by atoms with Gasteiger partial charge in [-0.25, -0.2) is 0 Å². The maximum Gasteiger partial charge on any atom is 0.393 e. The monoisotopic (exact) mass is 1470 g/mol. The number of hydrogen-bond acceptors (Lipinski definition) is 12. The molecular weight excluding hydrogens is 1350 g/mol. The number of halogens is 4. The second-order valence-electron chi connectivity index (χ2n) is 32.5. The highest BCUT2D eigenvalue weighted by atomic mass is 35.5. The number of piperidine rings is 1. The number of amides is 12. The first-order chi connectivity index (χ1) is 48.6. The van der Waals surface area contributed by atoms with Crippen molar-refractivity contribution < 1.29 is 70.7 Å². The van der Waals surface area contributed by atoms with Crippen molar-refractivity contribution in [2.75, 3.05) is 75.0 Å². The average molecular weight is 1470 g/mol. The highest BCUT2D eigenvalue weighted by Crippen LogP contribution is 2.44. The Morgan fingerprint density at radius 3 is 1.82 bits per heavy atom. The van der Waals surface area contributed by atoms with Crippen molar-refractivity contribution in [1.82, 2.24) is 60.0 Å². The molecule has 0 aromatic carbocycles. The van der Waals surface area contributed by atoms with Crippen LogP contribution in [0.1, 0.15) is 215 Å². The van der Waals surface area contributed by atoms with Gasteiger partial charge in [-0.05, 0) is 152 Å². The fourth-order valence-corrected chi connectivity index (χ4v) is 18.2. The lowest BCUT2D eigenvalue weighted by Gasteiger charge is -2.45. The molecule has 4 aliphatic heterocycles. The van der Waals surface area contributed by atoms with Crippen molar-refractivity contribution in [3.63, 3.8) is 0 Å². The molecule has 4 saturated heterocycles. The van der Waals surface area contributed by atoms with Crippen molar-refractivity contribution in [2.45, 2.75) is 286 Å². The maximum absolute atomic E-state index is 15.8. The van der Waals surface area contributed by atoms with Crippen LogP contribution >= 0.6 is 11.6 Å². The average Bonchev–Trinajstić information content (AvgIpc) is 1.41. The molecule has 0 radical (unpaired) electrons. The molecule has 4 aliphatic carbocycles. The summed E-state index contributed by atoms with van der Waals surface area (Å²) in [5.74, 6) is -9.80. The van der Waals surface area contributed by atoms with Gasteiger partial charge in [-0.15, -0.1) is 11.6 Å². The lowest BCUT2D eigenvalue weighted by atomic mass is 9.78. The van der Waals surface area contributed by atoms with Crippen LogP contribution in [0.3, 0.4) is 0 Å². The molecule has 0 aromatic heterocycles. The van der Waals surface area contributed by atoms with Crippen LogP contribution in [0, 0.1) is 41.4 Å².